The lowest BCUT2D eigenvalue weighted by atomic mass is 11.0. The highest BCUT2D eigenvalue weighted by molar-refractivity contribution is 7.71. The summed E-state index contributed by atoms with van der Waals surface area (Å²) in [6, 6.07) is 0. The number of nitrogens with zero attached hydrogens (tertiary/aromatic N) is 1. The van der Waals surface area contributed by atoms with Gasteiger partial charge in [-0.2, -0.15) is 0 Å². The third kappa shape index (κ3) is 2.52. The van der Waals surface area contributed by atoms with Gasteiger partial charge in [-0.3, -0.25) is 10.2 Å². The third-order valence-corrected chi connectivity index (χ3v) is 0.633. The predicted octanol–water partition coefficient (Wildman–Crippen LogP) is 1.49. The molecule has 0 aliphatic carbocycles. The van der Waals surface area contributed by atoms with Gasteiger partial charge in [-0.25, -0.2) is 4.98 Å². The molecule has 0 saturated carbocycles. The third-order valence-electron chi connectivity index (χ3n) is 0.425. The van der Waals surface area contributed by atoms with Crippen molar-refractivity contribution >= 4 is 12.2 Å². The van der Waals surface area contributed by atoms with Gasteiger partial charge in [0.25, 0.3) is 0 Å². The Kier molecular flexibility index (Phi) is 4.16. The molecule has 3 nitrogen and oxygen atoms in total. The van der Waals surface area contributed by atoms with Gasteiger partial charge < -0.3 is 0 Å². The van der Waals surface area contributed by atoms with Gasteiger partial charge in [-0.05, 0) is 12.2 Å². The summed E-state index contributed by atoms with van der Waals surface area (Å²) in [5, 5.41) is 5.17. The van der Waals surface area contributed by atoms with Crippen molar-refractivity contribution in [3.63, 3.8) is 0 Å². The predicted molar refractivity (Wildman–Crippen MR) is 35.1 cm³/mol. The fraction of sp³-hybridized carbons (Fsp3) is 0.500. The van der Waals surface area contributed by atoms with Crippen molar-refractivity contribution < 1.29 is 0 Å². The number of aromatic nitrogens is 3. The lowest BCUT2D eigenvalue weighted by Crippen LogP contribution is -1.59. The summed E-state index contributed by atoms with van der Waals surface area (Å²) >= 11 is 4.55. The quantitative estimate of drug-likeness (QED) is 0.524. The van der Waals surface area contributed by atoms with E-state index in [1.807, 2.05) is 13.8 Å². The van der Waals surface area contributed by atoms with Crippen LogP contribution in [-0.2, 0) is 0 Å². The Hall–Kier alpha value is -0.640. The average molecular weight is 131 g/mol. The Bertz CT molecular complexity index is 149. The molecule has 46 valence electrons. The lowest BCUT2D eigenvalue weighted by Gasteiger charge is -1.54. The Balaban J connectivity index is 0.000000222. The maximum absolute atomic E-state index is 4.55. The second-order valence-electron chi connectivity index (χ2n) is 0.833. The van der Waals surface area contributed by atoms with Crippen molar-refractivity contribution in [3.8, 4) is 0 Å². The molecule has 0 amide bonds. The molecule has 0 radical (unpaired) electrons. The number of aromatic amines is 2. The van der Waals surface area contributed by atoms with E-state index in [1.54, 1.807) is 0 Å². The first-order valence-corrected chi connectivity index (χ1v) is 2.88. The number of nitrogens with one attached hydrogen (secondary N) is 2. The van der Waals surface area contributed by atoms with Crippen LogP contribution in [0.2, 0.25) is 0 Å². The summed E-state index contributed by atoms with van der Waals surface area (Å²) < 4.78 is 0.495. The van der Waals surface area contributed by atoms with E-state index in [0.717, 1.165) is 0 Å². The second kappa shape index (κ2) is 4.52. The Labute approximate surface area is 53.1 Å². The van der Waals surface area contributed by atoms with E-state index in [4.69, 9.17) is 0 Å². The van der Waals surface area contributed by atoms with E-state index >= 15 is 0 Å². The molecule has 2 N–H and O–H groups in total. The lowest BCUT2D eigenvalue weighted by molar-refractivity contribution is 1.08. The first-order valence-electron chi connectivity index (χ1n) is 2.47. The largest absolute Gasteiger partial charge is 0.288 e. The van der Waals surface area contributed by atoms with E-state index in [1.165, 1.54) is 6.33 Å². The van der Waals surface area contributed by atoms with Crippen LogP contribution in [0.25, 0.3) is 0 Å². The smallest absolute Gasteiger partial charge is 0.213 e. The molecule has 0 aromatic carbocycles. The molecule has 0 aliphatic rings. The highest BCUT2D eigenvalue weighted by Gasteiger charge is 1.66. The van der Waals surface area contributed by atoms with E-state index < -0.39 is 0 Å². The average Bonchev–Trinajstić information content (AvgIpc) is 2.24. The van der Waals surface area contributed by atoms with Gasteiger partial charge in [0.15, 0.2) is 0 Å². The Morgan fingerprint density at radius 3 is 2.38 bits per heavy atom. The van der Waals surface area contributed by atoms with Gasteiger partial charge in [-0.15, -0.1) is 0 Å². The summed E-state index contributed by atoms with van der Waals surface area (Å²) in [7, 11) is 0. The topological polar surface area (TPSA) is 44.5 Å². The van der Waals surface area contributed by atoms with Crippen LogP contribution in [0.1, 0.15) is 13.8 Å². The summed E-state index contributed by atoms with van der Waals surface area (Å²) in [6.07, 6.45) is 1.50. The molecule has 1 rings (SSSR count). The minimum absolute atomic E-state index is 0.495. The molecule has 0 fully saturated rings. The summed E-state index contributed by atoms with van der Waals surface area (Å²) in [6.45, 7) is 4.00. The SMILES string of the molecule is CC.S=c1nc[nH][nH]1. The zero-order valence-corrected chi connectivity index (χ0v) is 5.75. The highest BCUT2D eigenvalue weighted by atomic mass is 32.1. The zero-order valence-electron chi connectivity index (χ0n) is 4.93. The zero-order chi connectivity index (χ0) is 6.41. The number of hydrogen-bond acceptors (Lipinski definition) is 2. The molecule has 0 saturated heterocycles. The van der Waals surface area contributed by atoms with Crippen molar-refractivity contribution in [2.24, 2.45) is 0 Å². The molecule has 0 bridgehead atoms. The maximum Gasteiger partial charge on any atom is 0.213 e. The van der Waals surface area contributed by atoms with Crippen LogP contribution >= 0.6 is 12.2 Å². The summed E-state index contributed by atoms with van der Waals surface area (Å²) in [5.41, 5.74) is 0. The van der Waals surface area contributed by atoms with Crippen molar-refractivity contribution in [2.75, 3.05) is 0 Å². The first kappa shape index (κ1) is 7.36. The van der Waals surface area contributed by atoms with Crippen molar-refractivity contribution in [3.05, 3.63) is 11.1 Å². The van der Waals surface area contributed by atoms with Crippen LogP contribution in [0.5, 0.6) is 0 Å². The summed E-state index contributed by atoms with van der Waals surface area (Å²) in [5.74, 6) is 0. The fourth-order valence-corrected chi connectivity index (χ4v) is 0.329. The molecule has 8 heavy (non-hydrogen) atoms. The van der Waals surface area contributed by atoms with Crippen molar-refractivity contribution in [1.29, 1.82) is 0 Å². The maximum atomic E-state index is 4.55. The standard InChI is InChI=1S/C2H3N3S.C2H6/c6-2-3-1-4-5-2;1-2/h1H,(H2,3,4,5,6);1-2H3. The monoisotopic (exact) mass is 131 g/mol. The van der Waals surface area contributed by atoms with Gasteiger partial charge in [0.2, 0.25) is 4.77 Å². The van der Waals surface area contributed by atoms with E-state index in [9.17, 15) is 0 Å². The van der Waals surface area contributed by atoms with Gasteiger partial charge in [0, 0.05) is 0 Å². The molecule has 1 aromatic rings. The van der Waals surface area contributed by atoms with Crippen LogP contribution in [0.15, 0.2) is 6.33 Å². The summed E-state index contributed by atoms with van der Waals surface area (Å²) in [4.78, 5) is 3.62. The number of rotatable bonds is 0. The van der Waals surface area contributed by atoms with Crippen molar-refractivity contribution in [1.82, 2.24) is 15.2 Å². The molecule has 0 unspecified atom stereocenters. The molecule has 0 spiro atoms. The van der Waals surface area contributed by atoms with Crippen LogP contribution < -0.4 is 0 Å². The highest BCUT2D eigenvalue weighted by Crippen LogP contribution is 1.66. The molecular formula is C4H9N3S. The second-order valence-corrected chi connectivity index (χ2v) is 1.22. The van der Waals surface area contributed by atoms with E-state index in [-0.39, 0.29) is 0 Å². The fourth-order valence-electron chi connectivity index (χ4n) is 0.217. The van der Waals surface area contributed by atoms with E-state index in [0.29, 0.717) is 4.77 Å². The molecular weight excluding hydrogens is 122 g/mol. The minimum Gasteiger partial charge on any atom is -0.288 e. The van der Waals surface area contributed by atoms with Gasteiger partial charge in [0.05, 0.1) is 0 Å². The molecule has 1 heterocycles. The van der Waals surface area contributed by atoms with Crippen LogP contribution in [0, 0.1) is 4.77 Å². The van der Waals surface area contributed by atoms with Crippen LogP contribution in [0.3, 0.4) is 0 Å². The number of H-pyrrole nitrogens is 2. The van der Waals surface area contributed by atoms with Gasteiger partial charge >= 0.3 is 0 Å². The molecule has 4 heteroatoms. The Morgan fingerprint density at radius 1 is 1.62 bits per heavy atom. The van der Waals surface area contributed by atoms with Gasteiger partial charge in [0.1, 0.15) is 6.33 Å². The van der Waals surface area contributed by atoms with Crippen molar-refractivity contribution in [2.45, 2.75) is 13.8 Å². The van der Waals surface area contributed by atoms with Crippen LogP contribution in [0.4, 0.5) is 0 Å². The molecule has 0 aliphatic heterocycles. The van der Waals surface area contributed by atoms with Gasteiger partial charge in [-0.1, -0.05) is 13.8 Å². The molecule has 1 aromatic heterocycles. The molecule has 0 atom stereocenters. The number of hydrogen-bond donors (Lipinski definition) is 2. The minimum atomic E-state index is 0.495. The van der Waals surface area contributed by atoms with E-state index in [2.05, 4.69) is 27.4 Å². The van der Waals surface area contributed by atoms with Crippen LogP contribution in [-0.4, -0.2) is 15.2 Å². The first-order chi connectivity index (χ1) is 3.89. The normalized spacial score (nSPS) is 7.25. The Morgan fingerprint density at radius 2 is 2.25 bits per heavy atom.